The molecule has 0 fully saturated rings. The third kappa shape index (κ3) is 6.42. The Hall–Kier alpha value is -4.47. The first-order valence-electron chi connectivity index (χ1n) is 17.1. The summed E-state index contributed by atoms with van der Waals surface area (Å²) in [5.74, 6) is 1.78. The topological polar surface area (TPSA) is 44.9 Å². The molecule has 5 nitrogen and oxygen atoms in total. The molecule has 0 amide bonds. The van der Waals surface area contributed by atoms with E-state index in [4.69, 9.17) is 13.9 Å². The number of ether oxygens (including phenoxy) is 1. The van der Waals surface area contributed by atoms with Gasteiger partial charge in [-0.05, 0) is 79.9 Å². The van der Waals surface area contributed by atoms with Gasteiger partial charge in [0, 0.05) is 38.6 Å². The van der Waals surface area contributed by atoms with Gasteiger partial charge in [-0.1, -0.05) is 74.3 Å². The fraction of sp³-hybridized carbons (Fsp3) is 0.220. The maximum absolute atomic E-state index is 8.01. The number of benzene rings is 4. The third-order valence-corrected chi connectivity index (χ3v) is 8.21. The molecule has 0 bridgehead atoms. The first kappa shape index (κ1) is 28.7. The number of pyridine rings is 1. The van der Waals surface area contributed by atoms with E-state index in [1.54, 1.807) is 18.3 Å². The van der Waals surface area contributed by atoms with Gasteiger partial charge >= 0.3 is 21.1 Å². The molecule has 7 rings (SSSR count). The van der Waals surface area contributed by atoms with E-state index >= 15 is 0 Å². The van der Waals surface area contributed by atoms with Gasteiger partial charge in [0.1, 0.15) is 5.82 Å². The molecule has 0 saturated carbocycles. The molecule has 7 aromatic rings. The van der Waals surface area contributed by atoms with Crippen molar-refractivity contribution in [3.05, 3.63) is 131 Å². The minimum Gasteiger partial charge on any atom is -0.509 e. The molecule has 0 saturated heterocycles. The Morgan fingerprint density at radius 3 is 2.38 bits per heavy atom. The van der Waals surface area contributed by atoms with Gasteiger partial charge in [0.2, 0.25) is 0 Å². The van der Waals surface area contributed by atoms with Crippen LogP contribution in [0.25, 0.3) is 44.4 Å². The minimum atomic E-state index is -2.23. The van der Waals surface area contributed by atoms with Crippen LogP contribution >= 0.6 is 0 Å². The summed E-state index contributed by atoms with van der Waals surface area (Å²) in [6.45, 7) is 10.6. The zero-order chi connectivity index (χ0) is 34.7. The predicted octanol–water partition coefficient (Wildman–Crippen LogP) is 10.2. The van der Waals surface area contributed by atoms with Crippen LogP contribution < -0.4 is 4.74 Å². The van der Waals surface area contributed by atoms with E-state index in [-0.39, 0.29) is 32.0 Å². The van der Waals surface area contributed by atoms with Crippen molar-refractivity contribution in [2.75, 3.05) is 0 Å². The van der Waals surface area contributed by atoms with Crippen LogP contribution in [0.5, 0.6) is 11.5 Å². The van der Waals surface area contributed by atoms with Crippen LogP contribution in [0.3, 0.4) is 0 Å². The second-order valence-electron chi connectivity index (χ2n) is 13.2. The monoisotopic (exact) mass is 800 g/mol. The van der Waals surface area contributed by atoms with E-state index in [1.807, 2.05) is 77.7 Å². The number of hydrogen-bond acceptors (Lipinski definition) is 3. The van der Waals surface area contributed by atoms with Crippen molar-refractivity contribution in [1.82, 2.24) is 19.3 Å². The maximum atomic E-state index is 8.01. The van der Waals surface area contributed by atoms with E-state index < -0.39 is 6.85 Å². The molecular formula is C41H38N4OPt. The van der Waals surface area contributed by atoms with Gasteiger partial charge in [-0.25, -0.2) is 4.98 Å². The Bertz CT molecular complexity index is 2350. The first-order valence-corrected chi connectivity index (χ1v) is 15.6. The molecule has 3 heterocycles. The number of rotatable bonds is 6. The van der Waals surface area contributed by atoms with Crippen LogP contribution in [0.15, 0.2) is 91.1 Å². The molecule has 0 radical (unpaired) electrons. The summed E-state index contributed by atoms with van der Waals surface area (Å²) in [5, 5.41) is 6.63. The van der Waals surface area contributed by atoms with Crippen molar-refractivity contribution in [3.63, 3.8) is 0 Å². The van der Waals surface area contributed by atoms with Gasteiger partial charge in [0.05, 0.1) is 5.69 Å². The van der Waals surface area contributed by atoms with Crippen molar-refractivity contribution in [2.24, 2.45) is 5.41 Å². The normalized spacial score (nSPS) is 12.9. The minimum absolute atomic E-state index is 0. The summed E-state index contributed by atoms with van der Waals surface area (Å²) in [4.78, 5) is 4.67. The SMILES string of the molecule is [2H]C([2H])([2H])c1ccc2c(c1)c1ccc(Oc3[c-]c(-n4nc(C)c(-c5ccccc5)c4C)cc(CC(C)(C)C)c3)[c-]c1n2-c1cc(C)ccn1.[Pt+2]. The van der Waals surface area contributed by atoms with Crippen LogP contribution in [0, 0.1) is 45.2 Å². The van der Waals surface area contributed by atoms with Crippen LogP contribution in [0.4, 0.5) is 0 Å². The number of fused-ring (bicyclic) bond motifs is 3. The van der Waals surface area contributed by atoms with Crippen molar-refractivity contribution >= 4 is 21.8 Å². The molecule has 0 aliphatic carbocycles. The molecule has 238 valence electrons. The van der Waals surface area contributed by atoms with Crippen molar-refractivity contribution in [3.8, 4) is 34.1 Å². The fourth-order valence-corrected chi connectivity index (χ4v) is 6.35. The quantitative estimate of drug-likeness (QED) is 0.157. The summed E-state index contributed by atoms with van der Waals surface area (Å²) in [5.41, 5.74) is 9.08. The van der Waals surface area contributed by atoms with Crippen molar-refractivity contribution < 1.29 is 29.9 Å². The average Bonchev–Trinajstić information content (AvgIpc) is 3.52. The Morgan fingerprint density at radius 2 is 1.64 bits per heavy atom. The van der Waals surface area contributed by atoms with Gasteiger partial charge in [0.25, 0.3) is 0 Å². The summed E-state index contributed by atoms with van der Waals surface area (Å²) >= 11 is 0. The summed E-state index contributed by atoms with van der Waals surface area (Å²) in [7, 11) is 0. The van der Waals surface area contributed by atoms with Gasteiger partial charge in [0.15, 0.2) is 0 Å². The average molecular weight is 801 g/mol. The zero-order valence-corrected chi connectivity index (χ0v) is 29.7. The second-order valence-corrected chi connectivity index (χ2v) is 13.2. The van der Waals surface area contributed by atoms with Gasteiger partial charge in [-0.3, -0.25) is 4.68 Å². The van der Waals surface area contributed by atoms with Crippen LogP contribution in [0.2, 0.25) is 0 Å². The number of aryl methyl sites for hydroxylation is 3. The molecular weight excluding hydrogens is 760 g/mol. The molecule has 0 aliphatic heterocycles. The smallest absolute Gasteiger partial charge is 0.509 e. The summed E-state index contributed by atoms with van der Waals surface area (Å²) < 4.78 is 34.6. The molecule has 3 aromatic heterocycles. The number of aromatic nitrogens is 4. The maximum Gasteiger partial charge on any atom is 2.00 e. The molecule has 4 aromatic carbocycles. The second kappa shape index (κ2) is 12.6. The molecule has 0 atom stereocenters. The van der Waals surface area contributed by atoms with Gasteiger partial charge < -0.3 is 9.30 Å². The standard InChI is InChI=1S/C41H38N4O.Pt/c1-26-13-16-37-36(19-26)35-15-14-33(24-38(35)44(37)39-20-27(2)17-18-42-39)46-34-22-30(25-41(5,6)7)21-32(23-34)45-29(4)40(28(3)43-45)31-11-9-8-10-12-31;/h8-22H,25H2,1-7H3;/q-2;+2/i1D3;. The van der Waals surface area contributed by atoms with E-state index in [0.29, 0.717) is 11.5 Å². The fourth-order valence-electron chi connectivity index (χ4n) is 6.35. The van der Waals surface area contributed by atoms with Crippen LogP contribution in [0.1, 0.15) is 53.0 Å². The molecule has 47 heavy (non-hydrogen) atoms. The summed E-state index contributed by atoms with van der Waals surface area (Å²) in [6, 6.07) is 34.6. The largest absolute Gasteiger partial charge is 2.00 e. The Kier molecular flexibility index (Phi) is 7.71. The van der Waals surface area contributed by atoms with Crippen LogP contribution in [-0.4, -0.2) is 19.3 Å². The van der Waals surface area contributed by atoms with E-state index in [2.05, 4.69) is 63.0 Å². The number of hydrogen-bond donors (Lipinski definition) is 0. The number of nitrogens with zero attached hydrogens (tertiary/aromatic N) is 4. The molecule has 6 heteroatoms. The Morgan fingerprint density at radius 1 is 0.830 bits per heavy atom. The summed E-state index contributed by atoms with van der Waals surface area (Å²) in [6.07, 6.45) is 2.61. The van der Waals surface area contributed by atoms with Crippen LogP contribution in [-0.2, 0) is 27.5 Å². The predicted molar refractivity (Wildman–Crippen MR) is 187 cm³/mol. The zero-order valence-electron chi connectivity index (χ0n) is 30.4. The van der Waals surface area contributed by atoms with E-state index in [1.165, 1.54) is 0 Å². The van der Waals surface area contributed by atoms with Gasteiger partial charge in [-0.2, -0.15) is 16.7 Å². The molecule has 0 N–H and O–H groups in total. The Labute approximate surface area is 295 Å². The molecule has 0 aliphatic rings. The van der Waals surface area contributed by atoms with Crippen molar-refractivity contribution in [2.45, 2.75) is 54.8 Å². The first-order chi connectivity index (χ1) is 23.2. The van der Waals surface area contributed by atoms with Gasteiger partial charge in [-0.15, -0.1) is 35.7 Å². The molecule has 0 spiro atoms. The Balaban J connectivity index is 0.00000432. The van der Waals surface area contributed by atoms with E-state index in [0.717, 1.165) is 73.4 Å². The molecule has 0 unspecified atom stereocenters. The van der Waals surface area contributed by atoms with E-state index in [9.17, 15) is 0 Å². The third-order valence-electron chi connectivity index (χ3n) is 8.21. The van der Waals surface area contributed by atoms with Crippen molar-refractivity contribution in [1.29, 1.82) is 0 Å².